The van der Waals surface area contributed by atoms with Crippen molar-refractivity contribution in [3.05, 3.63) is 18.2 Å². The van der Waals surface area contributed by atoms with E-state index in [9.17, 15) is 18.3 Å². The van der Waals surface area contributed by atoms with Crippen molar-refractivity contribution in [2.75, 3.05) is 6.54 Å². The van der Waals surface area contributed by atoms with Crippen LogP contribution in [-0.2, 0) is 12.6 Å². The molecule has 1 rings (SSSR count). The molecule has 0 saturated carbocycles. The van der Waals surface area contributed by atoms with Gasteiger partial charge in [0.05, 0.1) is 0 Å². The zero-order valence-corrected chi connectivity index (χ0v) is 8.12. The summed E-state index contributed by atoms with van der Waals surface area (Å²) in [4.78, 5) is 3.51. The Kier molecular flexibility index (Phi) is 3.05. The number of halogens is 3. The first kappa shape index (κ1) is 12.0. The van der Waals surface area contributed by atoms with Crippen molar-refractivity contribution >= 4 is 0 Å². The van der Waals surface area contributed by atoms with E-state index in [-0.39, 0.29) is 6.54 Å². The van der Waals surface area contributed by atoms with Gasteiger partial charge in [-0.1, -0.05) is 0 Å². The summed E-state index contributed by atoms with van der Waals surface area (Å²) in [6.07, 6.45) is -2.86. The number of rotatable bonds is 3. The van der Waals surface area contributed by atoms with Gasteiger partial charge < -0.3 is 15.4 Å². The van der Waals surface area contributed by atoms with Crippen LogP contribution in [0.15, 0.2) is 12.4 Å². The normalized spacial score (nSPS) is 16.4. The molecule has 1 heterocycles. The van der Waals surface area contributed by atoms with E-state index in [0.717, 1.165) is 4.57 Å². The largest absolute Gasteiger partial charge is 0.424 e. The van der Waals surface area contributed by atoms with Gasteiger partial charge in [0, 0.05) is 25.9 Å². The Bertz CT molecular complexity index is 336. The van der Waals surface area contributed by atoms with Crippen LogP contribution < -0.4 is 5.73 Å². The quantitative estimate of drug-likeness (QED) is 0.785. The maximum Gasteiger partial charge on any atom is 0.424 e. The molecule has 0 amide bonds. The monoisotopic (exact) mass is 223 g/mol. The second-order valence-electron chi connectivity index (χ2n) is 3.26. The minimum Gasteiger partial charge on any atom is -0.374 e. The summed E-state index contributed by atoms with van der Waals surface area (Å²) in [5, 5.41) is 9.60. The molecule has 0 aliphatic rings. The predicted octanol–water partition coefficient (Wildman–Crippen LogP) is 0.519. The molecule has 0 fully saturated rings. The van der Waals surface area contributed by atoms with Gasteiger partial charge in [0.25, 0.3) is 0 Å². The Morgan fingerprint density at radius 2 is 2.13 bits per heavy atom. The van der Waals surface area contributed by atoms with Crippen molar-refractivity contribution in [1.29, 1.82) is 0 Å². The molecule has 0 aliphatic heterocycles. The van der Waals surface area contributed by atoms with E-state index in [1.54, 1.807) is 0 Å². The Morgan fingerprint density at radius 1 is 1.53 bits per heavy atom. The van der Waals surface area contributed by atoms with Crippen molar-refractivity contribution in [1.82, 2.24) is 9.55 Å². The smallest absolute Gasteiger partial charge is 0.374 e. The maximum atomic E-state index is 12.7. The van der Waals surface area contributed by atoms with Crippen molar-refractivity contribution < 1.29 is 18.3 Å². The number of nitrogens with two attached hydrogens (primary N) is 1. The highest BCUT2D eigenvalue weighted by Crippen LogP contribution is 2.40. The van der Waals surface area contributed by atoms with E-state index >= 15 is 0 Å². The van der Waals surface area contributed by atoms with Gasteiger partial charge in [-0.15, -0.1) is 0 Å². The molecule has 86 valence electrons. The number of aromatic nitrogens is 2. The number of hydrogen-bond donors (Lipinski definition) is 2. The van der Waals surface area contributed by atoms with Crippen molar-refractivity contribution in [3.63, 3.8) is 0 Å². The van der Waals surface area contributed by atoms with E-state index in [0.29, 0.717) is 0 Å². The lowest BCUT2D eigenvalue weighted by molar-refractivity contribution is -0.272. The summed E-state index contributed by atoms with van der Waals surface area (Å²) < 4.78 is 39.2. The molecule has 0 radical (unpaired) electrons. The fourth-order valence-corrected chi connectivity index (χ4v) is 1.35. The Morgan fingerprint density at radius 3 is 2.47 bits per heavy atom. The molecule has 4 nitrogen and oxygen atoms in total. The molecule has 0 saturated heterocycles. The molecule has 0 spiro atoms. The third-order valence-corrected chi connectivity index (χ3v) is 2.17. The van der Waals surface area contributed by atoms with Crippen LogP contribution in [0.3, 0.4) is 0 Å². The Balaban J connectivity index is 3.19. The van der Waals surface area contributed by atoms with Gasteiger partial charge in [0.2, 0.25) is 5.60 Å². The first-order valence-corrected chi connectivity index (χ1v) is 4.30. The van der Waals surface area contributed by atoms with Gasteiger partial charge >= 0.3 is 6.18 Å². The van der Waals surface area contributed by atoms with E-state index < -0.39 is 24.0 Å². The maximum absolute atomic E-state index is 12.7. The van der Waals surface area contributed by atoms with Crippen LogP contribution >= 0.6 is 0 Å². The highest BCUT2D eigenvalue weighted by atomic mass is 19.4. The minimum atomic E-state index is -4.79. The molecule has 0 bridgehead atoms. The number of nitrogens with zero attached hydrogens (tertiary/aromatic N) is 2. The van der Waals surface area contributed by atoms with E-state index in [4.69, 9.17) is 5.73 Å². The summed E-state index contributed by atoms with van der Waals surface area (Å²) in [6, 6.07) is 0. The topological polar surface area (TPSA) is 64.1 Å². The third-order valence-electron chi connectivity index (χ3n) is 2.17. The summed E-state index contributed by atoms with van der Waals surface area (Å²) in [5.74, 6) is -0.444. The lowest BCUT2D eigenvalue weighted by atomic mass is 9.98. The van der Waals surface area contributed by atoms with E-state index in [1.807, 2.05) is 0 Å². The predicted molar refractivity (Wildman–Crippen MR) is 46.8 cm³/mol. The summed E-state index contributed by atoms with van der Waals surface area (Å²) in [7, 11) is 1.38. The van der Waals surface area contributed by atoms with Crippen molar-refractivity contribution in [2.45, 2.75) is 18.2 Å². The van der Waals surface area contributed by atoms with Crippen LogP contribution in [0.1, 0.15) is 12.2 Å². The zero-order valence-electron chi connectivity index (χ0n) is 8.12. The molecule has 1 atom stereocenters. The zero-order chi connectivity index (χ0) is 11.7. The molecule has 0 aromatic carbocycles. The molecular weight excluding hydrogens is 211 g/mol. The fraction of sp³-hybridized carbons (Fsp3) is 0.625. The van der Waals surface area contributed by atoms with E-state index in [1.165, 1.54) is 19.4 Å². The fourth-order valence-electron chi connectivity index (χ4n) is 1.35. The van der Waals surface area contributed by atoms with Gasteiger partial charge in [-0.2, -0.15) is 13.2 Å². The van der Waals surface area contributed by atoms with Crippen LogP contribution in [0, 0.1) is 0 Å². The second kappa shape index (κ2) is 3.82. The molecule has 0 unspecified atom stereocenters. The Labute approximate surface area is 84.5 Å². The molecule has 1 aromatic rings. The molecule has 15 heavy (non-hydrogen) atoms. The average molecular weight is 223 g/mol. The Hall–Kier alpha value is -1.08. The van der Waals surface area contributed by atoms with Gasteiger partial charge in [-0.05, 0) is 6.54 Å². The van der Waals surface area contributed by atoms with Crippen LogP contribution in [-0.4, -0.2) is 27.4 Å². The number of alkyl halides is 3. The lowest BCUT2D eigenvalue weighted by Gasteiger charge is -2.29. The number of hydrogen-bond acceptors (Lipinski definition) is 3. The van der Waals surface area contributed by atoms with Gasteiger partial charge in [-0.3, -0.25) is 0 Å². The number of imidazole rings is 1. The van der Waals surface area contributed by atoms with E-state index in [2.05, 4.69) is 4.98 Å². The van der Waals surface area contributed by atoms with Gasteiger partial charge in [-0.25, -0.2) is 4.98 Å². The van der Waals surface area contributed by atoms with Crippen LogP contribution in [0.4, 0.5) is 13.2 Å². The van der Waals surface area contributed by atoms with Crippen LogP contribution in [0.5, 0.6) is 0 Å². The molecular formula is C8H12F3N3O. The third kappa shape index (κ3) is 1.98. The summed E-state index contributed by atoms with van der Waals surface area (Å²) >= 11 is 0. The van der Waals surface area contributed by atoms with Gasteiger partial charge in [0.15, 0.2) is 0 Å². The first-order valence-electron chi connectivity index (χ1n) is 4.30. The first-order chi connectivity index (χ1) is 6.83. The number of aliphatic hydroxyl groups is 1. The number of aryl methyl sites for hydroxylation is 1. The SMILES string of the molecule is Cn1ccnc1[C@](O)(CCN)C(F)(F)F. The van der Waals surface area contributed by atoms with Crippen molar-refractivity contribution in [3.8, 4) is 0 Å². The second-order valence-corrected chi connectivity index (χ2v) is 3.26. The summed E-state index contributed by atoms with van der Waals surface area (Å²) in [5.41, 5.74) is 2.10. The highest BCUT2D eigenvalue weighted by molar-refractivity contribution is 5.08. The minimum absolute atomic E-state index is 0.275. The average Bonchev–Trinajstić information content (AvgIpc) is 2.50. The molecule has 1 aromatic heterocycles. The standard InChI is InChI=1S/C8H12F3N3O/c1-14-5-4-13-6(14)7(15,2-3-12)8(9,10)11/h4-5,15H,2-3,12H2,1H3/t7-/m1/s1. The lowest BCUT2D eigenvalue weighted by Crippen LogP contribution is -2.45. The molecule has 7 heteroatoms. The molecule has 0 aliphatic carbocycles. The summed E-state index contributed by atoms with van der Waals surface area (Å²) in [6.45, 7) is -0.275. The highest BCUT2D eigenvalue weighted by Gasteiger charge is 2.56. The van der Waals surface area contributed by atoms with Crippen molar-refractivity contribution in [2.24, 2.45) is 12.8 Å². The van der Waals surface area contributed by atoms with Gasteiger partial charge in [0.1, 0.15) is 5.82 Å². The van der Waals surface area contributed by atoms with Crippen LogP contribution in [0.2, 0.25) is 0 Å². The van der Waals surface area contributed by atoms with Crippen LogP contribution in [0.25, 0.3) is 0 Å². The molecule has 3 N–H and O–H groups in total.